The second-order valence-corrected chi connectivity index (χ2v) is 3.30. The van der Waals surface area contributed by atoms with Gasteiger partial charge in [0.1, 0.15) is 0 Å². The van der Waals surface area contributed by atoms with Crippen molar-refractivity contribution in [3.63, 3.8) is 0 Å². The van der Waals surface area contributed by atoms with E-state index >= 15 is 0 Å². The molecule has 0 aromatic rings. The van der Waals surface area contributed by atoms with Crippen LogP contribution in [0.2, 0.25) is 0 Å². The number of hydrogen-bond acceptors (Lipinski definition) is 2. The lowest BCUT2D eigenvalue weighted by Crippen LogP contribution is -1.98. The summed E-state index contributed by atoms with van der Waals surface area (Å²) in [7, 11) is 1.42. The van der Waals surface area contributed by atoms with Gasteiger partial charge in [0.2, 0.25) is 0 Å². The van der Waals surface area contributed by atoms with E-state index in [1.54, 1.807) is 0 Å². The lowest BCUT2D eigenvalue weighted by Gasteiger charge is -1.95. The molecule has 0 spiro atoms. The van der Waals surface area contributed by atoms with E-state index in [2.05, 4.69) is 29.6 Å². The van der Waals surface area contributed by atoms with Crippen LogP contribution in [0.15, 0.2) is 12.2 Å². The van der Waals surface area contributed by atoms with Gasteiger partial charge in [-0.2, -0.15) is 0 Å². The monoisotopic (exact) mass is 208 g/mol. The number of esters is 1. The SMILES string of the molecule is CCCC=CC#CCCCCC(=O)OC. The Bertz CT molecular complexity index is 243. The fourth-order valence-corrected chi connectivity index (χ4v) is 1.02. The van der Waals surface area contributed by atoms with Gasteiger partial charge in [-0.05, 0) is 25.3 Å². The minimum atomic E-state index is -0.134. The summed E-state index contributed by atoms with van der Waals surface area (Å²) in [6.07, 6.45) is 9.43. The summed E-state index contributed by atoms with van der Waals surface area (Å²) in [4.78, 5) is 10.7. The van der Waals surface area contributed by atoms with Crippen molar-refractivity contribution in [2.45, 2.75) is 45.4 Å². The average molecular weight is 208 g/mol. The average Bonchev–Trinajstić information content (AvgIpc) is 2.26. The first-order valence-corrected chi connectivity index (χ1v) is 5.51. The molecule has 0 heterocycles. The molecule has 0 atom stereocenters. The number of methoxy groups -OCH3 is 1. The maximum atomic E-state index is 10.7. The Balaban J connectivity index is 3.33. The molecule has 0 aromatic carbocycles. The molecule has 0 aliphatic heterocycles. The number of rotatable bonds is 6. The summed E-state index contributed by atoms with van der Waals surface area (Å²) < 4.78 is 4.54. The van der Waals surface area contributed by atoms with Crippen molar-refractivity contribution in [1.82, 2.24) is 0 Å². The Hall–Kier alpha value is -1.23. The van der Waals surface area contributed by atoms with Gasteiger partial charge in [0.05, 0.1) is 7.11 Å². The Morgan fingerprint density at radius 1 is 1.40 bits per heavy atom. The van der Waals surface area contributed by atoms with E-state index in [0.29, 0.717) is 6.42 Å². The van der Waals surface area contributed by atoms with Crippen LogP contribution < -0.4 is 0 Å². The van der Waals surface area contributed by atoms with E-state index in [4.69, 9.17) is 0 Å². The van der Waals surface area contributed by atoms with Gasteiger partial charge in [0.15, 0.2) is 0 Å². The fraction of sp³-hybridized carbons (Fsp3) is 0.615. The summed E-state index contributed by atoms with van der Waals surface area (Å²) in [5.74, 6) is 5.89. The highest BCUT2D eigenvalue weighted by atomic mass is 16.5. The van der Waals surface area contributed by atoms with Crippen LogP contribution in [0.1, 0.15) is 45.4 Å². The largest absolute Gasteiger partial charge is 0.469 e. The molecule has 0 bridgehead atoms. The zero-order valence-corrected chi connectivity index (χ0v) is 9.71. The molecule has 0 amide bonds. The summed E-state index contributed by atoms with van der Waals surface area (Å²) in [5.41, 5.74) is 0. The molecule has 0 aliphatic rings. The molecule has 0 unspecified atom stereocenters. The molecule has 0 aromatic heterocycles. The normalized spacial score (nSPS) is 9.73. The lowest BCUT2D eigenvalue weighted by atomic mass is 10.2. The third-order valence-electron chi connectivity index (χ3n) is 1.92. The quantitative estimate of drug-likeness (QED) is 0.381. The van der Waals surface area contributed by atoms with Gasteiger partial charge in [-0.1, -0.05) is 31.3 Å². The van der Waals surface area contributed by atoms with Gasteiger partial charge < -0.3 is 4.74 Å². The molecule has 0 rings (SSSR count). The molecule has 0 aliphatic carbocycles. The predicted octanol–water partition coefficient (Wildman–Crippen LogP) is 3.08. The highest BCUT2D eigenvalue weighted by Crippen LogP contribution is 1.99. The third-order valence-corrected chi connectivity index (χ3v) is 1.92. The van der Waals surface area contributed by atoms with Crippen molar-refractivity contribution in [1.29, 1.82) is 0 Å². The number of ether oxygens (including phenoxy) is 1. The van der Waals surface area contributed by atoms with Crippen LogP contribution in [-0.2, 0) is 9.53 Å². The van der Waals surface area contributed by atoms with E-state index in [1.165, 1.54) is 7.11 Å². The van der Waals surface area contributed by atoms with Gasteiger partial charge in [-0.25, -0.2) is 0 Å². The van der Waals surface area contributed by atoms with E-state index in [1.807, 2.05) is 6.08 Å². The zero-order chi connectivity index (χ0) is 11.4. The third kappa shape index (κ3) is 10.7. The maximum absolute atomic E-state index is 10.7. The van der Waals surface area contributed by atoms with Crippen molar-refractivity contribution in [2.24, 2.45) is 0 Å². The first-order valence-electron chi connectivity index (χ1n) is 5.51. The van der Waals surface area contributed by atoms with Crippen molar-refractivity contribution < 1.29 is 9.53 Å². The Kier molecular flexibility index (Phi) is 9.96. The Morgan fingerprint density at radius 2 is 2.20 bits per heavy atom. The number of unbranched alkanes of at least 4 members (excludes halogenated alkanes) is 3. The molecule has 0 saturated carbocycles. The number of carbonyl (C=O) groups is 1. The van der Waals surface area contributed by atoms with Crippen molar-refractivity contribution in [3.8, 4) is 11.8 Å². The van der Waals surface area contributed by atoms with Crippen molar-refractivity contribution >= 4 is 5.97 Å². The standard InChI is InChI=1S/C13H20O2/c1-3-4-5-6-7-8-9-10-11-12-13(14)15-2/h5-6H,3-4,9-12H2,1-2H3. The first kappa shape index (κ1) is 13.8. The first-order chi connectivity index (χ1) is 7.31. The second kappa shape index (κ2) is 10.8. The van der Waals surface area contributed by atoms with Gasteiger partial charge in [0, 0.05) is 12.8 Å². The van der Waals surface area contributed by atoms with Gasteiger partial charge >= 0.3 is 5.97 Å². The Labute approximate surface area is 92.7 Å². The number of allylic oxidation sites excluding steroid dienone is 2. The van der Waals surface area contributed by atoms with Crippen LogP contribution in [0.4, 0.5) is 0 Å². The van der Waals surface area contributed by atoms with Crippen molar-refractivity contribution in [2.75, 3.05) is 7.11 Å². The fourth-order valence-electron chi connectivity index (χ4n) is 1.02. The summed E-state index contributed by atoms with van der Waals surface area (Å²) in [6.45, 7) is 2.14. The summed E-state index contributed by atoms with van der Waals surface area (Å²) in [6, 6.07) is 0. The minimum absolute atomic E-state index is 0.134. The van der Waals surface area contributed by atoms with Gasteiger partial charge in [-0.15, -0.1) is 0 Å². The molecular weight excluding hydrogens is 188 g/mol. The highest BCUT2D eigenvalue weighted by molar-refractivity contribution is 5.68. The van der Waals surface area contributed by atoms with Crippen LogP contribution in [0.5, 0.6) is 0 Å². The Morgan fingerprint density at radius 3 is 2.87 bits per heavy atom. The maximum Gasteiger partial charge on any atom is 0.305 e. The molecular formula is C13H20O2. The van der Waals surface area contributed by atoms with Crippen LogP contribution >= 0.6 is 0 Å². The zero-order valence-electron chi connectivity index (χ0n) is 9.71. The van der Waals surface area contributed by atoms with Crippen LogP contribution in [-0.4, -0.2) is 13.1 Å². The summed E-state index contributed by atoms with van der Waals surface area (Å²) >= 11 is 0. The second-order valence-electron chi connectivity index (χ2n) is 3.30. The van der Waals surface area contributed by atoms with E-state index in [0.717, 1.165) is 32.1 Å². The van der Waals surface area contributed by atoms with Crippen LogP contribution in [0, 0.1) is 11.8 Å². The van der Waals surface area contributed by atoms with Crippen LogP contribution in [0.3, 0.4) is 0 Å². The van der Waals surface area contributed by atoms with E-state index in [-0.39, 0.29) is 5.97 Å². The molecule has 0 saturated heterocycles. The smallest absolute Gasteiger partial charge is 0.305 e. The predicted molar refractivity (Wildman–Crippen MR) is 62.3 cm³/mol. The molecule has 2 nitrogen and oxygen atoms in total. The minimum Gasteiger partial charge on any atom is -0.469 e. The van der Waals surface area contributed by atoms with Crippen LogP contribution in [0.25, 0.3) is 0 Å². The topological polar surface area (TPSA) is 26.3 Å². The molecule has 0 fully saturated rings. The molecule has 84 valence electrons. The van der Waals surface area contributed by atoms with E-state index < -0.39 is 0 Å². The number of carbonyl (C=O) groups excluding carboxylic acids is 1. The van der Waals surface area contributed by atoms with E-state index in [9.17, 15) is 4.79 Å². The highest BCUT2D eigenvalue weighted by Gasteiger charge is 1.97. The summed E-state index contributed by atoms with van der Waals surface area (Å²) in [5, 5.41) is 0. The van der Waals surface area contributed by atoms with Crippen molar-refractivity contribution in [3.05, 3.63) is 12.2 Å². The number of hydrogen-bond donors (Lipinski definition) is 0. The van der Waals surface area contributed by atoms with Gasteiger partial charge in [-0.3, -0.25) is 4.79 Å². The molecule has 0 N–H and O–H groups in total. The van der Waals surface area contributed by atoms with Gasteiger partial charge in [0.25, 0.3) is 0 Å². The molecule has 15 heavy (non-hydrogen) atoms. The lowest BCUT2D eigenvalue weighted by molar-refractivity contribution is -0.140. The molecule has 0 radical (unpaired) electrons. The molecule has 2 heteroatoms.